The van der Waals surface area contributed by atoms with Crippen LogP contribution < -0.4 is 4.57 Å². The van der Waals surface area contributed by atoms with Gasteiger partial charge >= 0.3 is 0 Å². The summed E-state index contributed by atoms with van der Waals surface area (Å²) < 4.78 is 5.09. The molecule has 0 amide bonds. The summed E-state index contributed by atoms with van der Waals surface area (Å²) in [5, 5.41) is 0. The molecule has 1 aromatic carbocycles. The SMILES string of the molecule is Cc1c(C)c(C)n2c3[n+](c(C)c2c1C)C(C)(C)c1ccccc1C3. The van der Waals surface area contributed by atoms with Gasteiger partial charge in [-0.1, -0.05) is 24.3 Å². The number of hydrogen-bond donors (Lipinski definition) is 0. The average molecular weight is 319 g/mol. The number of pyridine rings is 1. The lowest BCUT2D eigenvalue weighted by Gasteiger charge is -2.30. The average Bonchev–Trinajstić information content (AvgIpc) is 2.84. The monoisotopic (exact) mass is 319 g/mol. The summed E-state index contributed by atoms with van der Waals surface area (Å²) in [6.45, 7) is 16.0. The summed E-state index contributed by atoms with van der Waals surface area (Å²) in [6, 6.07) is 8.92. The van der Waals surface area contributed by atoms with Crippen LogP contribution in [0.4, 0.5) is 0 Å². The van der Waals surface area contributed by atoms with Crippen LogP contribution in [0.25, 0.3) is 5.52 Å². The number of fused-ring (bicyclic) bond motifs is 4. The predicted octanol–water partition coefficient (Wildman–Crippen LogP) is 4.46. The third-order valence-corrected chi connectivity index (χ3v) is 6.36. The van der Waals surface area contributed by atoms with E-state index in [1.807, 2.05) is 0 Å². The highest BCUT2D eigenvalue weighted by atomic mass is 15.2. The molecule has 24 heavy (non-hydrogen) atoms. The van der Waals surface area contributed by atoms with Crippen LogP contribution in [0.3, 0.4) is 0 Å². The Hall–Kier alpha value is -2.09. The van der Waals surface area contributed by atoms with Crippen molar-refractivity contribution in [3.8, 4) is 0 Å². The molecule has 0 aliphatic carbocycles. The van der Waals surface area contributed by atoms with Crippen LogP contribution in [-0.4, -0.2) is 4.40 Å². The van der Waals surface area contributed by atoms with Crippen molar-refractivity contribution in [2.24, 2.45) is 0 Å². The topological polar surface area (TPSA) is 8.29 Å². The van der Waals surface area contributed by atoms with Crippen LogP contribution in [-0.2, 0) is 12.0 Å². The smallest absolute Gasteiger partial charge is 0.221 e. The summed E-state index contributed by atoms with van der Waals surface area (Å²) >= 11 is 0. The van der Waals surface area contributed by atoms with Crippen LogP contribution in [0.2, 0.25) is 0 Å². The number of hydrogen-bond acceptors (Lipinski definition) is 0. The van der Waals surface area contributed by atoms with E-state index in [0.717, 1.165) is 6.42 Å². The normalized spacial score (nSPS) is 15.5. The Labute approximate surface area is 144 Å². The van der Waals surface area contributed by atoms with Crippen molar-refractivity contribution in [3.05, 3.63) is 69.3 Å². The standard InChI is InChI=1S/C22H27N2/c1-13-14(2)16(4)23-20-12-18-10-8-9-11-19(18)22(6,7)24(20)17(5)21(23)15(13)3/h8-11H,12H2,1-7H3/q+1. The van der Waals surface area contributed by atoms with Crippen LogP contribution in [0, 0.1) is 34.6 Å². The van der Waals surface area contributed by atoms with Crippen LogP contribution in [0.15, 0.2) is 24.3 Å². The van der Waals surface area contributed by atoms with E-state index in [9.17, 15) is 0 Å². The van der Waals surface area contributed by atoms with E-state index in [4.69, 9.17) is 0 Å². The second kappa shape index (κ2) is 4.72. The molecule has 3 heterocycles. The van der Waals surface area contributed by atoms with Gasteiger partial charge in [0.2, 0.25) is 0 Å². The molecule has 2 heteroatoms. The highest BCUT2D eigenvalue weighted by Crippen LogP contribution is 2.34. The first kappa shape index (κ1) is 15.4. The Bertz CT molecular complexity index is 1000. The summed E-state index contributed by atoms with van der Waals surface area (Å²) in [4.78, 5) is 0. The lowest BCUT2D eigenvalue weighted by atomic mass is 9.85. The zero-order valence-electron chi connectivity index (χ0n) is 15.9. The molecule has 4 rings (SSSR count). The molecule has 0 saturated heterocycles. The molecule has 0 saturated carbocycles. The molecule has 2 aromatic heterocycles. The van der Waals surface area contributed by atoms with Crippen molar-refractivity contribution in [1.82, 2.24) is 4.40 Å². The fourth-order valence-corrected chi connectivity index (χ4v) is 4.85. The molecule has 0 spiro atoms. The first-order valence-electron chi connectivity index (χ1n) is 8.88. The molecule has 0 radical (unpaired) electrons. The van der Waals surface area contributed by atoms with Crippen molar-refractivity contribution in [3.63, 3.8) is 0 Å². The van der Waals surface area contributed by atoms with Gasteiger partial charge in [-0.25, -0.2) is 4.57 Å². The summed E-state index contributed by atoms with van der Waals surface area (Å²) in [5.41, 5.74) is 11.3. The Balaban J connectivity index is 2.21. The minimum absolute atomic E-state index is 0.0268. The maximum absolute atomic E-state index is 2.57. The van der Waals surface area contributed by atoms with E-state index in [2.05, 4.69) is 81.7 Å². The molecule has 0 N–H and O–H groups in total. The molecular formula is C22H27N2+. The molecule has 0 fully saturated rings. The quantitative estimate of drug-likeness (QED) is 0.541. The molecule has 3 aromatic rings. The number of aromatic nitrogens is 2. The van der Waals surface area contributed by atoms with E-state index in [1.165, 1.54) is 50.5 Å². The Morgan fingerprint density at radius 3 is 2.29 bits per heavy atom. The van der Waals surface area contributed by atoms with Crippen LogP contribution >= 0.6 is 0 Å². The molecule has 0 atom stereocenters. The minimum Gasteiger partial charge on any atom is -0.221 e. The third kappa shape index (κ3) is 1.69. The van der Waals surface area contributed by atoms with Crippen LogP contribution in [0.1, 0.15) is 58.9 Å². The van der Waals surface area contributed by atoms with Gasteiger partial charge in [0.25, 0.3) is 5.82 Å². The molecule has 124 valence electrons. The lowest BCUT2D eigenvalue weighted by molar-refractivity contribution is -0.759. The van der Waals surface area contributed by atoms with Gasteiger partial charge < -0.3 is 0 Å². The van der Waals surface area contributed by atoms with E-state index in [1.54, 1.807) is 0 Å². The van der Waals surface area contributed by atoms with Gasteiger partial charge in [-0.2, -0.15) is 4.40 Å². The van der Waals surface area contributed by atoms with Crippen molar-refractivity contribution in [1.29, 1.82) is 0 Å². The fourth-order valence-electron chi connectivity index (χ4n) is 4.85. The molecule has 1 aliphatic rings. The number of rotatable bonds is 0. The largest absolute Gasteiger partial charge is 0.267 e. The van der Waals surface area contributed by atoms with Gasteiger partial charge in [0, 0.05) is 18.1 Å². The second-order valence-electron chi connectivity index (χ2n) is 7.87. The maximum Gasteiger partial charge on any atom is 0.267 e. The van der Waals surface area contributed by atoms with Gasteiger partial charge in [0.15, 0.2) is 5.52 Å². The number of nitrogens with zero attached hydrogens (tertiary/aromatic N) is 2. The molecular weight excluding hydrogens is 292 g/mol. The van der Waals surface area contributed by atoms with Crippen molar-refractivity contribution in [2.75, 3.05) is 0 Å². The van der Waals surface area contributed by atoms with E-state index in [0.29, 0.717) is 0 Å². The summed E-state index contributed by atoms with van der Waals surface area (Å²) in [5.74, 6) is 1.41. The van der Waals surface area contributed by atoms with E-state index < -0.39 is 0 Å². The van der Waals surface area contributed by atoms with Crippen molar-refractivity contribution >= 4 is 5.52 Å². The van der Waals surface area contributed by atoms with Gasteiger partial charge in [-0.15, -0.1) is 0 Å². The molecule has 1 aliphatic heterocycles. The zero-order valence-corrected chi connectivity index (χ0v) is 15.9. The van der Waals surface area contributed by atoms with E-state index >= 15 is 0 Å². The van der Waals surface area contributed by atoms with Crippen molar-refractivity contribution in [2.45, 2.75) is 60.4 Å². The predicted molar refractivity (Wildman–Crippen MR) is 98.9 cm³/mol. The Morgan fingerprint density at radius 2 is 1.58 bits per heavy atom. The Morgan fingerprint density at radius 1 is 0.917 bits per heavy atom. The minimum atomic E-state index is -0.0268. The van der Waals surface area contributed by atoms with Gasteiger partial charge in [0.05, 0.1) is 6.42 Å². The second-order valence-corrected chi connectivity index (χ2v) is 7.87. The van der Waals surface area contributed by atoms with Gasteiger partial charge in [0.1, 0.15) is 16.9 Å². The first-order chi connectivity index (χ1) is 11.3. The van der Waals surface area contributed by atoms with Crippen LogP contribution in [0.5, 0.6) is 0 Å². The number of aryl methyl sites for hydroxylation is 3. The highest BCUT2D eigenvalue weighted by Gasteiger charge is 2.42. The number of imidazole rings is 1. The highest BCUT2D eigenvalue weighted by molar-refractivity contribution is 5.63. The molecule has 0 bridgehead atoms. The summed E-state index contributed by atoms with van der Waals surface area (Å²) in [6.07, 6.45) is 0.997. The Kier molecular flexibility index (Phi) is 3.04. The maximum atomic E-state index is 2.57. The fraction of sp³-hybridized carbons (Fsp3) is 0.409. The number of benzene rings is 1. The van der Waals surface area contributed by atoms with E-state index in [-0.39, 0.29) is 5.54 Å². The summed E-state index contributed by atoms with van der Waals surface area (Å²) in [7, 11) is 0. The van der Waals surface area contributed by atoms with Gasteiger partial charge in [-0.3, -0.25) is 0 Å². The first-order valence-corrected chi connectivity index (χ1v) is 8.88. The molecule has 2 nitrogen and oxygen atoms in total. The molecule has 0 unspecified atom stereocenters. The van der Waals surface area contributed by atoms with Crippen molar-refractivity contribution < 1.29 is 4.57 Å². The lowest BCUT2D eigenvalue weighted by Crippen LogP contribution is -2.59. The third-order valence-electron chi connectivity index (χ3n) is 6.36. The van der Waals surface area contributed by atoms with Gasteiger partial charge in [-0.05, 0) is 58.2 Å². The zero-order chi connectivity index (χ0) is 17.4.